The largest absolute Gasteiger partial charge is 0.294 e. The number of hydrogen-bond donors (Lipinski definition) is 0. The smallest absolute Gasteiger partial charge is 0.166 e. The molecule has 134 valence electrons. The second-order valence-corrected chi connectivity index (χ2v) is 7.99. The minimum absolute atomic E-state index is 0.0387. The summed E-state index contributed by atoms with van der Waals surface area (Å²) in [5.74, 6) is 1.41. The number of hydrogen-bond acceptors (Lipinski definition) is 1. The van der Waals surface area contributed by atoms with Crippen molar-refractivity contribution in [3.05, 3.63) is 107 Å². The van der Waals surface area contributed by atoms with Gasteiger partial charge in [-0.05, 0) is 41.6 Å². The molecule has 0 aromatic heterocycles. The zero-order valence-electron chi connectivity index (χ0n) is 15.4. The van der Waals surface area contributed by atoms with Crippen molar-refractivity contribution in [2.24, 2.45) is 23.7 Å². The van der Waals surface area contributed by atoms with Gasteiger partial charge in [0.25, 0.3) is 0 Å². The highest BCUT2D eigenvalue weighted by Gasteiger charge is 2.37. The lowest BCUT2D eigenvalue weighted by Crippen LogP contribution is -2.23. The molecule has 0 N–H and O–H groups in total. The van der Waals surface area contributed by atoms with Gasteiger partial charge in [-0.2, -0.15) is 0 Å². The molecule has 5 rings (SSSR count). The zero-order chi connectivity index (χ0) is 18.2. The average Bonchev–Trinajstić information content (AvgIpc) is 3.48. The van der Waals surface area contributed by atoms with Gasteiger partial charge >= 0.3 is 0 Å². The number of carbonyl (C=O) groups is 1. The fraction of sp³-hybridized carbons (Fsp3) is 0.269. The monoisotopic (exact) mass is 352 g/mol. The van der Waals surface area contributed by atoms with E-state index < -0.39 is 0 Å². The summed E-state index contributed by atoms with van der Waals surface area (Å²) in [6.07, 6.45) is 33.4. The molecule has 4 atom stereocenters. The first-order valence-corrected chi connectivity index (χ1v) is 10.0. The van der Waals surface area contributed by atoms with Gasteiger partial charge in [0, 0.05) is 23.7 Å². The molecule has 0 spiro atoms. The molecule has 0 saturated carbocycles. The van der Waals surface area contributed by atoms with Crippen LogP contribution < -0.4 is 0 Å². The fourth-order valence-electron chi connectivity index (χ4n) is 4.86. The number of fused-ring (bicyclic) bond motifs is 1. The van der Waals surface area contributed by atoms with Gasteiger partial charge in [0.1, 0.15) is 0 Å². The second kappa shape index (κ2) is 6.81. The molecule has 0 fully saturated rings. The second-order valence-electron chi connectivity index (χ2n) is 7.99. The highest BCUT2D eigenvalue weighted by Crippen LogP contribution is 2.44. The summed E-state index contributed by atoms with van der Waals surface area (Å²) in [7, 11) is 0. The van der Waals surface area contributed by atoms with Gasteiger partial charge in [-0.1, -0.05) is 85.1 Å². The molecule has 0 radical (unpaired) electrons. The molecular formula is C26H24O. The summed E-state index contributed by atoms with van der Waals surface area (Å²) >= 11 is 0. The Labute approximate surface area is 161 Å². The van der Waals surface area contributed by atoms with Gasteiger partial charge in [-0.25, -0.2) is 0 Å². The van der Waals surface area contributed by atoms with E-state index in [0.717, 1.165) is 24.8 Å². The van der Waals surface area contributed by atoms with Gasteiger partial charge < -0.3 is 0 Å². The predicted molar refractivity (Wildman–Crippen MR) is 111 cm³/mol. The molecule has 1 heteroatoms. The van der Waals surface area contributed by atoms with Crippen molar-refractivity contribution in [2.45, 2.75) is 19.3 Å². The molecular weight excluding hydrogens is 328 g/mol. The van der Waals surface area contributed by atoms with Crippen LogP contribution in [0.2, 0.25) is 0 Å². The van der Waals surface area contributed by atoms with E-state index >= 15 is 0 Å². The summed E-state index contributed by atoms with van der Waals surface area (Å²) in [5.41, 5.74) is 5.04. The lowest BCUT2D eigenvalue weighted by molar-refractivity contribution is -0.118. The van der Waals surface area contributed by atoms with Crippen molar-refractivity contribution < 1.29 is 4.79 Å². The standard InChI is InChI=1S/C26H24O/c27-26(20-10-4-5-11-20)25-17-23(18-7-1-2-8-18)16-24(25)22-14-13-19-9-3-6-12-21(19)15-22/h1-7,9-10,12-15,17,19,21,24-25H,8,11,16H2. The molecule has 5 aliphatic rings. The van der Waals surface area contributed by atoms with E-state index in [2.05, 4.69) is 72.9 Å². The van der Waals surface area contributed by atoms with Crippen LogP contribution >= 0.6 is 0 Å². The Morgan fingerprint density at radius 2 is 1.63 bits per heavy atom. The topological polar surface area (TPSA) is 17.1 Å². The Hall–Kier alpha value is -2.67. The van der Waals surface area contributed by atoms with Crippen molar-refractivity contribution in [1.82, 2.24) is 0 Å². The molecule has 0 aliphatic heterocycles. The number of Topliss-reactive ketones (excluding diaryl/α,β-unsaturated/α-hetero) is 1. The van der Waals surface area contributed by atoms with Crippen LogP contribution in [0.4, 0.5) is 0 Å². The predicted octanol–water partition coefficient (Wildman–Crippen LogP) is 5.75. The third kappa shape index (κ3) is 3.02. The molecule has 0 saturated heterocycles. The number of allylic oxidation sites excluding steroid dienone is 18. The van der Waals surface area contributed by atoms with Crippen LogP contribution in [-0.2, 0) is 4.79 Å². The quantitative estimate of drug-likeness (QED) is 0.630. The van der Waals surface area contributed by atoms with Crippen molar-refractivity contribution >= 4 is 5.78 Å². The van der Waals surface area contributed by atoms with Crippen LogP contribution in [0, 0.1) is 23.7 Å². The van der Waals surface area contributed by atoms with Crippen molar-refractivity contribution in [3.8, 4) is 0 Å². The lowest BCUT2D eigenvalue weighted by atomic mass is 9.76. The number of ketones is 1. The van der Waals surface area contributed by atoms with E-state index in [1.807, 2.05) is 12.2 Å². The summed E-state index contributed by atoms with van der Waals surface area (Å²) in [6, 6.07) is 0. The van der Waals surface area contributed by atoms with E-state index in [1.165, 1.54) is 16.7 Å². The van der Waals surface area contributed by atoms with Crippen LogP contribution in [0.5, 0.6) is 0 Å². The van der Waals surface area contributed by atoms with Gasteiger partial charge in [-0.3, -0.25) is 4.79 Å². The average molecular weight is 352 g/mol. The van der Waals surface area contributed by atoms with Crippen LogP contribution in [-0.4, -0.2) is 5.78 Å². The summed E-state index contributed by atoms with van der Waals surface area (Å²) < 4.78 is 0. The van der Waals surface area contributed by atoms with Crippen molar-refractivity contribution in [1.29, 1.82) is 0 Å². The first-order chi connectivity index (χ1) is 13.3. The highest BCUT2D eigenvalue weighted by molar-refractivity contribution is 6.00. The van der Waals surface area contributed by atoms with E-state index in [0.29, 0.717) is 17.6 Å². The molecule has 4 unspecified atom stereocenters. The summed E-state index contributed by atoms with van der Waals surface area (Å²) in [4.78, 5) is 13.3. The molecule has 0 heterocycles. The maximum atomic E-state index is 13.3. The number of rotatable bonds is 4. The Kier molecular flexibility index (Phi) is 4.16. The summed E-state index contributed by atoms with van der Waals surface area (Å²) in [5, 5.41) is 0. The number of carbonyl (C=O) groups excluding carboxylic acids is 1. The molecule has 0 aromatic carbocycles. The van der Waals surface area contributed by atoms with Gasteiger partial charge in [0.15, 0.2) is 5.78 Å². The SMILES string of the molecule is O=C(C1=CC=CC1)C1C=C(C2=CC=CC2)CC1C1=CC2C=CC=CC2C=C1. The van der Waals surface area contributed by atoms with Crippen LogP contribution in [0.1, 0.15) is 19.3 Å². The van der Waals surface area contributed by atoms with Crippen LogP contribution in [0.15, 0.2) is 107 Å². The van der Waals surface area contributed by atoms with Crippen LogP contribution in [0.25, 0.3) is 0 Å². The maximum absolute atomic E-state index is 13.3. The Morgan fingerprint density at radius 1 is 0.815 bits per heavy atom. The molecule has 27 heavy (non-hydrogen) atoms. The fourth-order valence-corrected chi connectivity index (χ4v) is 4.86. The minimum atomic E-state index is -0.0387. The van der Waals surface area contributed by atoms with E-state index in [4.69, 9.17) is 0 Å². The van der Waals surface area contributed by atoms with Crippen LogP contribution in [0.3, 0.4) is 0 Å². The first kappa shape index (κ1) is 16.5. The van der Waals surface area contributed by atoms with Gasteiger partial charge in [0.2, 0.25) is 0 Å². The van der Waals surface area contributed by atoms with Crippen molar-refractivity contribution in [3.63, 3.8) is 0 Å². The molecule has 0 bridgehead atoms. The maximum Gasteiger partial charge on any atom is 0.166 e. The molecule has 1 nitrogen and oxygen atoms in total. The molecule has 5 aliphatic carbocycles. The third-order valence-electron chi connectivity index (χ3n) is 6.37. The normalized spacial score (nSPS) is 33.0. The van der Waals surface area contributed by atoms with E-state index in [1.54, 1.807) is 0 Å². The third-order valence-corrected chi connectivity index (χ3v) is 6.37. The molecule has 0 amide bonds. The van der Waals surface area contributed by atoms with Gasteiger partial charge in [-0.15, -0.1) is 0 Å². The highest BCUT2D eigenvalue weighted by atomic mass is 16.1. The minimum Gasteiger partial charge on any atom is -0.294 e. The van der Waals surface area contributed by atoms with E-state index in [-0.39, 0.29) is 11.8 Å². The van der Waals surface area contributed by atoms with Gasteiger partial charge in [0.05, 0.1) is 0 Å². The lowest BCUT2D eigenvalue weighted by Gasteiger charge is -2.28. The van der Waals surface area contributed by atoms with Crippen molar-refractivity contribution in [2.75, 3.05) is 0 Å². The molecule has 0 aromatic rings. The Bertz CT molecular complexity index is 939. The Morgan fingerprint density at radius 3 is 2.41 bits per heavy atom. The zero-order valence-corrected chi connectivity index (χ0v) is 15.4. The first-order valence-electron chi connectivity index (χ1n) is 10.0. The van der Waals surface area contributed by atoms with E-state index in [9.17, 15) is 4.79 Å². The summed E-state index contributed by atoms with van der Waals surface area (Å²) in [6.45, 7) is 0. The Balaban J connectivity index is 1.46.